The van der Waals surface area contributed by atoms with Crippen LogP contribution >= 0.6 is 0 Å². The van der Waals surface area contributed by atoms with Gasteiger partial charge in [-0.3, -0.25) is 9.79 Å². The van der Waals surface area contributed by atoms with E-state index in [0.717, 1.165) is 35.1 Å². The van der Waals surface area contributed by atoms with Crippen molar-refractivity contribution in [1.29, 1.82) is 0 Å². The molecule has 1 aromatic heterocycles. The molecule has 0 spiro atoms. The number of fused-ring (bicyclic) bond motifs is 1. The number of nitrogens with one attached hydrogen (secondary N) is 1. The summed E-state index contributed by atoms with van der Waals surface area (Å²) in [7, 11) is 3.69. The second-order valence-corrected chi connectivity index (χ2v) is 4.12. The van der Waals surface area contributed by atoms with E-state index in [1.807, 2.05) is 42.9 Å². The highest BCUT2D eigenvalue weighted by molar-refractivity contribution is 6.13. The number of aromatic nitrogens is 1. The van der Waals surface area contributed by atoms with Crippen LogP contribution in [0.4, 0.5) is 0 Å². The lowest BCUT2D eigenvalue weighted by Crippen LogP contribution is -2.24. The van der Waals surface area contributed by atoms with Crippen molar-refractivity contribution in [1.82, 2.24) is 9.88 Å². The van der Waals surface area contributed by atoms with Gasteiger partial charge in [0.05, 0.1) is 0 Å². The van der Waals surface area contributed by atoms with E-state index in [1.165, 1.54) is 0 Å². The Bertz CT molecular complexity index is 611. The smallest absolute Gasteiger partial charge is 0.152 e. The Morgan fingerprint density at radius 2 is 2.28 bits per heavy atom. The van der Waals surface area contributed by atoms with Crippen LogP contribution in [0.1, 0.15) is 22.8 Å². The predicted molar refractivity (Wildman–Crippen MR) is 74.4 cm³/mol. The molecular weight excluding hydrogens is 226 g/mol. The summed E-state index contributed by atoms with van der Waals surface area (Å²) in [5, 5.41) is 4.18. The van der Waals surface area contributed by atoms with Gasteiger partial charge in [0.1, 0.15) is 5.84 Å². The average molecular weight is 243 g/mol. The lowest BCUT2D eigenvalue weighted by Gasteiger charge is -2.09. The molecule has 0 bridgehead atoms. The Morgan fingerprint density at radius 1 is 1.50 bits per heavy atom. The van der Waals surface area contributed by atoms with Crippen LogP contribution in [0.3, 0.4) is 0 Å². The van der Waals surface area contributed by atoms with Crippen LogP contribution in [0, 0.1) is 0 Å². The van der Waals surface area contributed by atoms with Gasteiger partial charge < -0.3 is 9.88 Å². The van der Waals surface area contributed by atoms with E-state index in [2.05, 4.69) is 10.3 Å². The maximum absolute atomic E-state index is 11.2. The maximum Gasteiger partial charge on any atom is 0.152 e. The van der Waals surface area contributed by atoms with E-state index in [9.17, 15) is 4.79 Å². The first-order valence-corrected chi connectivity index (χ1v) is 5.97. The normalized spacial score (nSPS) is 11.8. The summed E-state index contributed by atoms with van der Waals surface area (Å²) in [5.74, 6) is 0.817. The van der Waals surface area contributed by atoms with Crippen LogP contribution in [0.2, 0.25) is 0 Å². The molecule has 0 atom stereocenters. The van der Waals surface area contributed by atoms with Crippen LogP contribution in [0.15, 0.2) is 29.4 Å². The van der Waals surface area contributed by atoms with Gasteiger partial charge in [-0.1, -0.05) is 12.1 Å². The number of aryl methyl sites for hydroxylation is 1. The van der Waals surface area contributed by atoms with Gasteiger partial charge in [0, 0.05) is 48.9 Å². The van der Waals surface area contributed by atoms with Crippen LogP contribution in [0.5, 0.6) is 0 Å². The second kappa shape index (κ2) is 5.04. The minimum atomic E-state index is 0.696. The molecule has 1 heterocycles. The van der Waals surface area contributed by atoms with Crippen molar-refractivity contribution in [3.05, 3.63) is 35.5 Å². The Balaban J connectivity index is 2.74. The van der Waals surface area contributed by atoms with E-state index in [1.54, 1.807) is 7.05 Å². The zero-order valence-electron chi connectivity index (χ0n) is 10.9. The Hall–Kier alpha value is -2.10. The van der Waals surface area contributed by atoms with Gasteiger partial charge in [0.25, 0.3) is 0 Å². The standard InChI is InChI=1S/C14H17N3O/c1-4-16-14(15-2)11-6-5-7-12-13(11)10(9-18)8-17(12)3/h5-9H,4H2,1-3H3,(H,15,16). The minimum Gasteiger partial charge on any atom is -0.370 e. The highest BCUT2D eigenvalue weighted by Crippen LogP contribution is 2.23. The highest BCUT2D eigenvalue weighted by atomic mass is 16.1. The predicted octanol–water partition coefficient (Wildman–Crippen LogP) is 1.98. The fraction of sp³-hybridized carbons (Fsp3) is 0.286. The fourth-order valence-corrected chi connectivity index (χ4v) is 2.23. The van der Waals surface area contributed by atoms with E-state index in [4.69, 9.17) is 0 Å². The summed E-state index contributed by atoms with van der Waals surface area (Å²) in [6, 6.07) is 5.97. The van der Waals surface area contributed by atoms with Gasteiger partial charge in [-0.25, -0.2) is 0 Å². The van der Waals surface area contributed by atoms with Gasteiger partial charge in [0.2, 0.25) is 0 Å². The zero-order valence-corrected chi connectivity index (χ0v) is 10.9. The van der Waals surface area contributed by atoms with Crippen molar-refractivity contribution < 1.29 is 4.79 Å². The minimum absolute atomic E-state index is 0.696. The molecular formula is C14H17N3O. The van der Waals surface area contributed by atoms with Gasteiger partial charge in [0.15, 0.2) is 6.29 Å². The third kappa shape index (κ3) is 1.90. The SMILES string of the molecule is CCNC(=NC)c1cccc2c1c(C=O)cn2C. The summed E-state index contributed by atoms with van der Waals surface area (Å²) in [6.07, 6.45) is 2.74. The molecule has 1 aromatic carbocycles. The molecule has 4 heteroatoms. The number of hydrogen-bond acceptors (Lipinski definition) is 2. The molecule has 0 unspecified atom stereocenters. The van der Waals surface area contributed by atoms with Crippen LogP contribution in [-0.2, 0) is 7.05 Å². The third-order valence-electron chi connectivity index (χ3n) is 2.99. The number of carbonyl (C=O) groups is 1. The first-order valence-electron chi connectivity index (χ1n) is 5.97. The van der Waals surface area contributed by atoms with Gasteiger partial charge in [-0.15, -0.1) is 0 Å². The highest BCUT2D eigenvalue weighted by Gasteiger charge is 2.13. The number of benzene rings is 1. The molecule has 2 aromatic rings. The monoisotopic (exact) mass is 243 g/mol. The molecule has 94 valence electrons. The van der Waals surface area contributed by atoms with Crippen molar-refractivity contribution in [2.24, 2.45) is 12.0 Å². The quantitative estimate of drug-likeness (QED) is 0.509. The molecule has 0 radical (unpaired) electrons. The topological polar surface area (TPSA) is 46.4 Å². The van der Waals surface area contributed by atoms with Crippen molar-refractivity contribution in [2.45, 2.75) is 6.92 Å². The summed E-state index contributed by atoms with van der Waals surface area (Å²) in [6.45, 7) is 2.82. The van der Waals surface area contributed by atoms with Gasteiger partial charge in [-0.05, 0) is 13.0 Å². The zero-order chi connectivity index (χ0) is 13.1. The maximum atomic E-state index is 11.2. The molecule has 0 amide bonds. The largest absolute Gasteiger partial charge is 0.370 e. The van der Waals surface area contributed by atoms with E-state index in [-0.39, 0.29) is 0 Å². The van der Waals surface area contributed by atoms with E-state index < -0.39 is 0 Å². The summed E-state index contributed by atoms with van der Waals surface area (Å²) in [5.41, 5.74) is 2.70. The van der Waals surface area contributed by atoms with Gasteiger partial charge in [-0.2, -0.15) is 0 Å². The molecule has 0 aliphatic carbocycles. The number of rotatable bonds is 3. The molecule has 0 aliphatic heterocycles. The second-order valence-electron chi connectivity index (χ2n) is 4.12. The van der Waals surface area contributed by atoms with Crippen LogP contribution in [-0.4, -0.2) is 30.3 Å². The number of amidine groups is 1. The number of carbonyl (C=O) groups excluding carboxylic acids is 1. The summed E-state index contributed by atoms with van der Waals surface area (Å²) < 4.78 is 1.96. The van der Waals surface area contributed by atoms with E-state index >= 15 is 0 Å². The molecule has 0 saturated heterocycles. The lowest BCUT2D eigenvalue weighted by atomic mass is 10.1. The molecule has 0 aliphatic rings. The van der Waals surface area contributed by atoms with Gasteiger partial charge >= 0.3 is 0 Å². The molecule has 18 heavy (non-hydrogen) atoms. The molecule has 4 nitrogen and oxygen atoms in total. The fourth-order valence-electron chi connectivity index (χ4n) is 2.23. The first-order chi connectivity index (χ1) is 8.72. The molecule has 1 N–H and O–H groups in total. The lowest BCUT2D eigenvalue weighted by molar-refractivity contribution is 0.112. The summed E-state index contributed by atoms with van der Waals surface area (Å²) >= 11 is 0. The third-order valence-corrected chi connectivity index (χ3v) is 2.99. The van der Waals surface area contributed by atoms with Crippen LogP contribution in [0.25, 0.3) is 10.9 Å². The molecule has 0 saturated carbocycles. The first kappa shape index (κ1) is 12.4. The van der Waals surface area contributed by atoms with Crippen LogP contribution < -0.4 is 5.32 Å². The van der Waals surface area contributed by atoms with E-state index in [0.29, 0.717) is 5.56 Å². The van der Waals surface area contributed by atoms with Crippen molar-refractivity contribution >= 4 is 23.0 Å². The van der Waals surface area contributed by atoms with Crippen molar-refractivity contribution in [3.8, 4) is 0 Å². The number of aldehydes is 1. The molecule has 2 rings (SSSR count). The number of hydrogen-bond donors (Lipinski definition) is 1. The van der Waals surface area contributed by atoms with Crippen molar-refractivity contribution in [3.63, 3.8) is 0 Å². The number of nitrogens with zero attached hydrogens (tertiary/aromatic N) is 2. The van der Waals surface area contributed by atoms with Crippen molar-refractivity contribution in [2.75, 3.05) is 13.6 Å². The Morgan fingerprint density at radius 3 is 2.89 bits per heavy atom. The Kier molecular flexibility index (Phi) is 3.46. The average Bonchev–Trinajstić information content (AvgIpc) is 2.73. The summed E-state index contributed by atoms with van der Waals surface area (Å²) in [4.78, 5) is 15.4. The molecule has 0 fully saturated rings. The number of aliphatic imine (C=N–C) groups is 1. The Labute approximate surface area is 106 Å².